The molecule has 0 fully saturated rings. The number of phenols is 3. The van der Waals surface area contributed by atoms with Gasteiger partial charge in [0, 0.05) is 6.07 Å². The molecular weight excluding hydrogens is 328 g/mol. The fourth-order valence-corrected chi connectivity index (χ4v) is 1.72. The number of amides is 1. The van der Waals surface area contributed by atoms with E-state index in [1.54, 1.807) is 0 Å². The number of anilines is 1. The lowest BCUT2D eigenvalue weighted by Crippen LogP contribution is -2.21. The van der Waals surface area contributed by atoms with E-state index in [0.717, 1.165) is 30.3 Å². The molecule has 0 radical (unpaired) electrons. The molecule has 0 saturated carbocycles. The Bertz CT molecular complexity index is 786. The number of hydrogen-bond donors (Lipinski definition) is 4. The summed E-state index contributed by atoms with van der Waals surface area (Å²) < 4.78 is 30.9. The summed E-state index contributed by atoms with van der Waals surface area (Å²) in [6.45, 7) is -0.822. The summed E-state index contributed by atoms with van der Waals surface area (Å²) in [5.74, 6) is -5.98. The van der Waals surface area contributed by atoms with Crippen molar-refractivity contribution >= 4 is 17.6 Å². The molecule has 126 valence electrons. The molecule has 0 aromatic heterocycles. The van der Waals surface area contributed by atoms with Crippen molar-refractivity contribution in [2.45, 2.75) is 0 Å². The van der Waals surface area contributed by atoms with Crippen LogP contribution in [0.5, 0.6) is 17.2 Å². The van der Waals surface area contributed by atoms with Crippen LogP contribution in [0.4, 0.5) is 14.5 Å². The van der Waals surface area contributed by atoms with Crippen LogP contribution in [0, 0.1) is 11.6 Å². The molecule has 2 rings (SSSR count). The highest BCUT2D eigenvalue weighted by Gasteiger charge is 2.16. The molecule has 2 aromatic carbocycles. The second-order valence-corrected chi connectivity index (χ2v) is 4.61. The van der Waals surface area contributed by atoms with Gasteiger partial charge in [-0.3, -0.25) is 4.79 Å². The van der Waals surface area contributed by atoms with E-state index in [9.17, 15) is 28.6 Å². The number of ether oxygens (including phenoxy) is 1. The van der Waals surface area contributed by atoms with Crippen LogP contribution in [-0.2, 0) is 9.53 Å². The van der Waals surface area contributed by atoms with Crippen molar-refractivity contribution in [3.8, 4) is 17.2 Å². The predicted octanol–water partition coefficient (Wildman–Crippen LogP) is 1.88. The van der Waals surface area contributed by atoms with E-state index in [2.05, 4.69) is 4.74 Å². The van der Waals surface area contributed by atoms with E-state index in [0.29, 0.717) is 0 Å². The van der Waals surface area contributed by atoms with Crippen molar-refractivity contribution in [1.82, 2.24) is 0 Å². The van der Waals surface area contributed by atoms with Gasteiger partial charge in [0.15, 0.2) is 23.9 Å². The number of aromatic hydroxyl groups is 3. The molecule has 24 heavy (non-hydrogen) atoms. The lowest BCUT2D eigenvalue weighted by atomic mass is 10.2. The third-order valence-electron chi connectivity index (χ3n) is 2.84. The molecular formula is C15H11F2NO6. The van der Waals surface area contributed by atoms with E-state index in [4.69, 9.17) is 5.11 Å². The van der Waals surface area contributed by atoms with Crippen molar-refractivity contribution in [3.05, 3.63) is 47.5 Å². The summed E-state index contributed by atoms with van der Waals surface area (Å²) in [7, 11) is 0. The Morgan fingerprint density at radius 2 is 1.67 bits per heavy atom. The summed E-state index contributed by atoms with van der Waals surface area (Å²) in [6.07, 6.45) is 0. The summed E-state index contributed by atoms with van der Waals surface area (Å²) >= 11 is 0. The average molecular weight is 339 g/mol. The Labute approximate surface area is 133 Å². The minimum atomic E-state index is -1.09. The van der Waals surface area contributed by atoms with Crippen molar-refractivity contribution < 1.29 is 38.4 Å². The Hall–Kier alpha value is -3.36. The Morgan fingerprint density at radius 3 is 2.29 bits per heavy atom. The van der Waals surface area contributed by atoms with Gasteiger partial charge < -0.3 is 25.4 Å². The molecule has 0 heterocycles. The van der Waals surface area contributed by atoms with Crippen molar-refractivity contribution in [1.29, 1.82) is 0 Å². The molecule has 0 unspecified atom stereocenters. The van der Waals surface area contributed by atoms with Gasteiger partial charge in [0.2, 0.25) is 0 Å². The van der Waals surface area contributed by atoms with Gasteiger partial charge in [-0.2, -0.15) is 0 Å². The number of hydrogen-bond acceptors (Lipinski definition) is 6. The number of benzene rings is 2. The molecule has 0 saturated heterocycles. The van der Waals surface area contributed by atoms with Gasteiger partial charge in [0.25, 0.3) is 5.91 Å². The van der Waals surface area contributed by atoms with Gasteiger partial charge in [-0.25, -0.2) is 13.6 Å². The van der Waals surface area contributed by atoms with Crippen LogP contribution >= 0.6 is 0 Å². The van der Waals surface area contributed by atoms with Crippen LogP contribution in [-0.4, -0.2) is 33.8 Å². The summed E-state index contributed by atoms with van der Waals surface area (Å²) in [4.78, 5) is 23.3. The van der Waals surface area contributed by atoms with Gasteiger partial charge >= 0.3 is 5.97 Å². The molecule has 0 aliphatic carbocycles. The zero-order chi connectivity index (χ0) is 17.9. The number of carbonyl (C=O) groups is 2. The molecule has 0 aliphatic rings. The molecule has 1 amide bonds. The molecule has 2 aromatic rings. The van der Waals surface area contributed by atoms with Crippen LogP contribution < -0.4 is 5.32 Å². The highest BCUT2D eigenvalue weighted by Crippen LogP contribution is 2.35. The van der Waals surface area contributed by atoms with Crippen LogP contribution in [0.3, 0.4) is 0 Å². The van der Waals surface area contributed by atoms with E-state index >= 15 is 0 Å². The third kappa shape index (κ3) is 3.88. The summed E-state index contributed by atoms with van der Waals surface area (Å²) in [5.41, 5.74) is -0.747. The maximum absolute atomic E-state index is 13.4. The van der Waals surface area contributed by atoms with E-state index in [1.165, 1.54) is 0 Å². The number of phenolic OH excluding ortho intramolecular Hbond substituents is 3. The largest absolute Gasteiger partial charge is 0.504 e. The number of esters is 1. The fraction of sp³-hybridized carbons (Fsp3) is 0.0667. The Kier molecular flexibility index (Phi) is 4.83. The van der Waals surface area contributed by atoms with Crippen LogP contribution in [0.25, 0.3) is 0 Å². The third-order valence-corrected chi connectivity index (χ3v) is 2.84. The van der Waals surface area contributed by atoms with Crippen molar-refractivity contribution in [3.63, 3.8) is 0 Å². The maximum Gasteiger partial charge on any atom is 0.338 e. The first-order chi connectivity index (χ1) is 11.3. The highest BCUT2D eigenvalue weighted by atomic mass is 19.1. The van der Waals surface area contributed by atoms with E-state index in [-0.39, 0.29) is 5.56 Å². The van der Waals surface area contributed by atoms with Gasteiger partial charge in [-0.05, 0) is 24.3 Å². The minimum absolute atomic E-state index is 0.326. The number of rotatable bonds is 4. The summed E-state index contributed by atoms with van der Waals surface area (Å²) in [5, 5.41) is 29.7. The number of carbonyl (C=O) groups excluding carboxylic acids is 2. The summed E-state index contributed by atoms with van der Waals surface area (Å²) in [6, 6.07) is 4.09. The van der Waals surface area contributed by atoms with Gasteiger partial charge in [0.1, 0.15) is 11.6 Å². The van der Waals surface area contributed by atoms with Crippen LogP contribution in [0.1, 0.15) is 10.4 Å². The first-order valence-corrected chi connectivity index (χ1v) is 6.45. The average Bonchev–Trinajstić information content (AvgIpc) is 2.53. The van der Waals surface area contributed by atoms with Crippen molar-refractivity contribution in [2.24, 2.45) is 0 Å². The molecule has 9 heteroatoms. The molecule has 0 bridgehead atoms. The van der Waals surface area contributed by atoms with Gasteiger partial charge in [0.05, 0.1) is 11.3 Å². The molecule has 7 nitrogen and oxygen atoms in total. The Balaban J connectivity index is 1.99. The standard InChI is InChI=1S/C15H11F2NO6/c16-8-1-2-9(17)10(5-8)18-13(21)6-24-15(23)7-3-11(19)14(22)12(20)4-7/h1-5,19-20,22H,6H2,(H,18,21). The number of nitrogens with one attached hydrogen (secondary N) is 1. The molecule has 4 N–H and O–H groups in total. The first kappa shape index (κ1) is 17.0. The van der Waals surface area contributed by atoms with Gasteiger partial charge in [-0.1, -0.05) is 0 Å². The lowest BCUT2D eigenvalue weighted by molar-refractivity contribution is -0.119. The maximum atomic E-state index is 13.4. The quantitative estimate of drug-likeness (QED) is 0.499. The SMILES string of the molecule is O=C(COC(=O)c1cc(O)c(O)c(O)c1)Nc1cc(F)ccc1F. The minimum Gasteiger partial charge on any atom is -0.504 e. The highest BCUT2D eigenvalue weighted by molar-refractivity contribution is 5.96. The Morgan fingerprint density at radius 1 is 1.04 bits per heavy atom. The second-order valence-electron chi connectivity index (χ2n) is 4.61. The molecule has 0 aliphatic heterocycles. The van der Waals surface area contributed by atoms with E-state index in [1.807, 2.05) is 5.32 Å². The first-order valence-electron chi connectivity index (χ1n) is 6.45. The second kappa shape index (κ2) is 6.82. The predicted molar refractivity (Wildman–Crippen MR) is 76.7 cm³/mol. The molecule has 0 spiro atoms. The smallest absolute Gasteiger partial charge is 0.338 e. The normalized spacial score (nSPS) is 10.2. The van der Waals surface area contributed by atoms with Gasteiger partial charge in [-0.15, -0.1) is 0 Å². The van der Waals surface area contributed by atoms with Crippen LogP contribution in [0.2, 0.25) is 0 Å². The topological polar surface area (TPSA) is 116 Å². The molecule has 0 atom stereocenters. The fourth-order valence-electron chi connectivity index (χ4n) is 1.72. The lowest BCUT2D eigenvalue weighted by Gasteiger charge is -2.08. The van der Waals surface area contributed by atoms with E-state index < -0.39 is 53.1 Å². The van der Waals surface area contributed by atoms with Crippen LogP contribution in [0.15, 0.2) is 30.3 Å². The zero-order valence-electron chi connectivity index (χ0n) is 11.9. The van der Waals surface area contributed by atoms with Crippen molar-refractivity contribution in [2.75, 3.05) is 11.9 Å². The number of halogens is 2. The monoisotopic (exact) mass is 339 g/mol. The zero-order valence-corrected chi connectivity index (χ0v) is 11.9.